The monoisotopic (exact) mass is 864 g/mol. The highest BCUT2D eigenvalue weighted by molar-refractivity contribution is 6.13. The normalized spacial score (nSPS) is 11.5. The number of aromatic nitrogens is 2. The Labute approximate surface area is 395 Å². The molecule has 0 unspecified atom stereocenters. The van der Waals surface area contributed by atoms with Gasteiger partial charge in [0.05, 0.1) is 33.4 Å². The van der Waals surface area contributed by atoms with E-state index in [0.29, 0.717) is 0 Å². The quantitative estimate of drug-likeness (QED) is 0.144. The topological polar surface area (TPSA) is 9.86 Å². The van der Waals surface area contributed by atoms with Gasteiger partial charge in [-0.05, 0) is 116 Å². The summed E-state index contributed by atoms with van der Waals surface area (Å²) in [6.07, 6.45) is 0. The molecule has 0 amide bonds. The van der Waals surface area contributed by atoms with Gasteiger partial charge in [-0.2, -0.15) is 0 Å². The maximum absolute atomic E-state index is 2.45. The molecule has 2 aromatic heterocycles. The molecule has 68 heavy (non-hydrogen) atoms. The predicted octanol–water partition coefficient (Wildman–Crippen LogP) is 17.9. The second-order valence-corrected chi connectivity index (χ2v) is 17.7. The van der Waals surface area contributed by atoms with Crippen LogP contribution in [0.4, 0.5) is 0 Å². The van der Waals surface area contributed by atoms with Gasteiger partial charge in [0.25, 0.3) is 0 Å². The fraction of sp³-hybridized carbons (Fsp3) is 0. The van der Waals surface area contributed by atoms with Crippen LogP contribution in [0, 0.1) is 0 Å². The third-order valence-electron chi connectivity index (χ3n) is 13.7. The molecule has 0 aliphatic heterocycles. The van der Waals surface area contributed by atoms with E-state index < -0.39 is 0 Å². The highest BCUT2D eigenvalue weighted by Gasteiger charge is 2.19. The van der Waals surface area contributed by atoms with E-state index in [1.54, 1.807) is 0 Å². The third kappa shape index (κ3) is 6.73. The van der Waals surface area contributed by atoms with Crippen molar-refractivity contribution in [1.82, 2.24) is 9.13 Å². The van der Waals surface area contributed by atoms with Gasteiger partial charge >= 0.3 is 0 Å². The van der Waals surface area contributed by atoms with Crippen LogP contribution in [0.15, 0.2) is 267 Å². The van der Waals surface area contributed by atoms with Crippen LogP contribution in [-0.2, 0) is 0 Å². The van der Waals surface area contributed by atoms with Gasteiger partial charge in [-0.15, -0.1) is 0 Å². The second kappa shape index (κ2) is 16.5. The van der Waals surface area contributed by atoms with Gasteiger partial charge in [-0.25, -0.2) is 0 Å². The van der Waals surface area contributed by atoms with Gasteiger partial charge in [0, 0.05) is 32.7 Å². The Balaban J connectivity index is 0.869. The molecule has 13 aromatic rings. The molecule has 318 valence electrons. The zero-order chi connectivity index (χ0) is 45.0. The van der Waals surface area contributed by atoms with Gasteiger partial charge in [0.2, 0.25) is 0 Å². The first-order valence-corrected chi connectivity index (χ1v) is 23.4. The van der Waals surface area contributed by atoms with Crippen molar-refractivity contribution in [2.75, 3.05) is 0 Å². The average Bonchev–Trinajstić information content (AvgIpc) is 3.93. The van der Waals surface area contributed by atoms with E-state index in [9.17, 15) is 0 Å². The fourth-order valence-corrected chi connectivity index (χ4v) is 10.5. The third-order valence-corrected chi connectivity index (χ3v) is 13.7. The summed E-state index contributed by atoms with van der Waals surface area (Å²) in [4.78, 5) is 0. The fourth-order valence-electron chi connectivity index (χ4n) is 10.5. The Morgan fingerprint density at radius 3 is 0.985 bits per heavy atom. The molecule has 11 aromatic carbocycles. The van der Waals surface area contributed by atoms with Crippen molar-refractivity contribution in [3.8, 4) is 78.1 Å². The highest BCUT2D eigenvalue weighted by Crippen LogP contribution is 2.41. The lowest BCUT2D eigenvalue weighted by Gasteiger charge is -2.15. The average molecular weight is 865 g/mol. The second-order valence-electron chi connectivity index (χ2n) is 17.7. The summed E-state index contributed by atoms with van der Waals surface area (Å²) in [7, 11) is 0. The number of hydrogen-bond donors (Lipinski definition) is 0. The van der Waals surface area contributed by atoms with Crippen LogP contribution in [-0.4, -0.2) is 9.13 Å². The van der Waals surface area contributed by atoms with Crippen LogP contribution in [0.2, 0.25) is 0 Å². The molecule has 0 radical (unpaired) electrons. The van der Waals surface area contributed by atoms with Crippen molar-refractivity contribution in [2.24, 2.45) is 0 Å². The largest absolute Gasteiger partial charge is 0.309 e. The molecule has 2 heterocycles. The molecule has 2 heteroatoms. The molecule has 0 N–H and O–H groups in total. The lowest BCUT2D eigenvalue weighted by atomic mass is 9.95. The Morgan fingerprint density at radius 1 is 0.176 bits per heavy atom. The summed E-state index contributed by atoms with van der Waals surface area (Å²) in [5.41, 5.74) is 21.5. The van der Waals surface area contributed by atoms with Crippen LogP contribution in [0.1, 0.15) is 0 Å². The zero-order valence-electron chi connectivity index (χ0n) is 37.3. The van der Waals surface area contributed by atoms with E-state index in [0.717, 1.165) is 5.69 Å². The van der Waals surface area contributed by atoms with Crippen LogP contribution >= 0.6 is 0 Å². The van der Waals surface area contributed by atoms with Gasteiger partial charge in [-0.1, -0.05) is 206 Å². The van der Waals surface area contributed by atoms with Crippen molar-refractivity contribution >= 4 is 43.6 Å². The molecular weight excluding hydrogens is 821 g/mol. The van der Waals surface area contributed by atoms with Crippen LogP contribution in [0.3, 0.4) is 0 Å². The molecule has 0 bridgehead atoms. The number of para-hydroxylation sites is 4. The molecular formula is C66H44N2. The maximum Gasteiger partial charge on any atom is 0.0541 e. The van der Waals surface area contributed by atoms with Crippen molar-refractivity contribution in [3.63, 3.8) is 0 Å². The van der Waals surface area contributed by atoms with E-state index in [2.05, 4.69) is 276 Å². The Hall–Kier alpha value is -8.98. The number of fused-ring (bicyclic) bond motifs is 6. The van der Waals surface area contributed by atoms with Gasteiger partial charge in [0.1, 0.15) is 0 Å². The summed E-state index contributed by atoms with van der Waals surface area (Å²) < 4.78 is 4.88. The predicted molar refractivity (Wildman–Crippen MR) is 288 cm³/mol. The summed E-state index contributed by atoms with van der Waals surface area (Å²) in [6, 6.07) is 97.3. The first-order chi connectivity index (χ1) is 33.7. The molecule has 0 fully saturated rings. The van der Waals surface area contributed by atoms with Crippen LogP contribution in [0.5, 0.6) is 0 Å². The summed E-state index contributed by atoms with van der Waals surface area (Å²) in [6.45, 7) is 0. The summed E-state index contributed by atoms with van der Waals surface area (Å²) >= 11 is 0. The minimum absolute atomic E-state index is 1.16. The minimum Gasteiger partial charge on any atom is -0.309 e. The Morgan fingerprint density at radius 2 is 0.485 bits per heavy atom. The van der Waals surface area contributed by atoms with Crippen molar-refractivity contribution in [2.45, 2.75) is 0 Å². The standard InChI is InChI=1S/C66H44N2/c1-3-17-45(18-4-1)49-21-15-23-51(41-49)52-24-16-22-50(42-52)46-33-35-48(36-34-46)56-26-8-12-30-62(56)68-64-32-14-10-28-58(64)60-44-54(38-40-66(60)68)53-37-39-65-59(43-53)57-27-9-13-31-63(57)67(65)61-29-11-7-25-55(61)47-19-5-2-6-20-47/h1-44H. The highest BCUT2D eigenvalue weighted by atomic mass is 15.0. The van der Waals surface area contributed by atoms with Crippen LogP contribution < -0.4 is 0 Å². The number of nitrogens with zero attached hydrogens (tertiary/aromatic N) is 2. The van der Waals surface area contributed by atoms with E-state index in [4.69, 9.17) is 0 Å². The first-order valence-electron chi connectivity index (χ1n) is 23.4. The van der Waals surface area contributed by atoms with E-state index in [1.165, 1.54) is 116 Å². The zero-order valence-corrected chi connectivity index (χ0v) is 37.3. The number of benzene rings is 11. The van der Waals surface area contributed by atoms with Crippen molar-refractivity contribution < 1.29 is 0 Å². The Bertz CT molecular complexity index is 4000. The molecule has 0 spiro atoms. The maximum atomic E-state index is 2.45. The number of hydrogen-bond acceptors (Lipinski definition) is 0. The summed E-state index contributed by atoms with van der Waals surface area (Å²) in [5.74, 6) is 0. The van der Waals surface area contributed by atoms with E-state index in [-0.39, 0.29) is 0 Å². The summed E-state index contributed by atoms with van der Waals surface area (Å²) in [5, 5.41) is 4.95. The molecule has 0 aliphatic carbocycles. The molecule has 13 rings (SSSR count). The minimum atomic E-state index is 1.16. The van der Waals surface area contributed by atoms with Gasteiger partial charge in [-0.3, -0.25) is 0 Å². The lowest BCUT2D eigenvalue weighted by Crippen LogP contribution is -1.97. The SMILES string of the molecule is c1ccc(-c2cccc(-c3cccc(-c4ccc(-c5ccccc5-n5c6ccccc6c6cc(-c7ccc8c(c7)c7ccccc7n8-c7ccccc7-c7ccccc7)ccc65)cc4)c3)c2)cc1. The van der Waals surface area contributed by atoms with Crippen molar-refractivity contribution in [3.05, 3.63) is 267 Å². The van der Waals surface area contributed by atoms with Crippen molar-refractivity contribution in [1.29, 1.82) is 0 Å². The molecule has 0 saturated heterocycles. The smallest absolute Gasteiger partial charge is 0.0541 e. The molecule has 0 atom stereocenters. The number of rotatable bonds is 8. The first kappa shape index (κ1) is 39.4. The molecule has 0 aliphatic rings. The Kier molecular flexibility index (Phi) is 9.54. The lowest BCUT2D eigenvalue weighted by molar-refractivity contribution is 1.18. The van der Waals surface area contributed by atoms with Gasteiger partial charge in [0.15, 0.2) is 0 Å². The molecule has 2 nitrogen and oxygen atoms in total. The van der Waals surface area contributed by atoms with Gasteiger partial charge < -0.3 is 9.13 Å². The van der Waals surface area contributed by atoms with Crippen LogP contribution in [0.25, 0.3) is 122 Å². The molecule has 0 saturated carbocycles. The van der Waals surface area contributed by atoms with E-state index >= 15 is 0 Å². The van der Waals surface area contributed by atoms with E-state index in [1.807, 2.05) is 0 Å².